The van der Waals surface area contributed by atoms with Crippen LogP contribution in [0.4, 0.5) is 0 Å². The van der Waals surface area contributed by atoms with Gasteiger partial charge in [0, 0.05) is 24.7 Å². The predicted molar refractivity (Wildman–Crippen MR) is 52.5 cm³/mol. The van der Waals surface area contributed by atoms with E-state index in [1.165, 1.54) is 12.8 Å². The number of hydrogen-bond acceptors (Lipinski definition) is 4. The van der Waals surface area contributed by atoms with Gasteiger partial charge in [0.15, 0.2) is 5.82 Å². The molecular weight excluding hydrogens is 192 g/mol. The molecule has 1 heterocycles. The predicted octanol–water partition coefficient (Wildman–Crippen LogP) is 2.17. The van der Waals surface area contributed by atoms with Crippen molar-refractivity contribution in [1.29, 1.82) is 0 Å². The molecule has 1 aromatic rings. The molecule has 1 aromatic heterocycles. The number of Topliss-reactive ketones (excluding diaryl/α,β-unsaturated/α-hetero) is 1. The van der Waals surface area contributed by atoms with Gasteiger partial charge in [-0.05, 0) is 25.7 Å². The fraction of sp³-hybridized carbons (Fsp3) is 0.727. The summed E-state index contributed by atoms with van der Waals surface area (Å²) in [5.41, 5.74) is 0. The maximum absolute atomic E-state index is 11.1. The number of carbonyl (C=O) groups excluding carboxylic acids is 1. The van der Waals surface area contributed by atoms with Crippen molar-refractivity contribution in [2.24, 2.45) is 0 Å². The van der Waals surface area contributed by atoms with Crippen LogP contribution in [0.25, 0.3) is 0 Å². The van der Waals surface area contributed by atoms with E-state index in [0.717, 1.165) is 24.6 Å². The first kappa shape index (κ1) is 9.07. The molecule has 4 heteroatoms. The highest BCUT2D eigenvalue weighted by Crippen LogP contribution is 2.39. The molecule has 15 heavy (non-hydrogen) atoms. The molecule has 0 bridgehead atoms. The van der Waals surface area contributed by atoms with E-state index >= 15 is 0 Å². The number of ketones is 1. The maximum Gasteiger partial charge on any atom is 0.229 e. The number of aromatic nitrogens is 2. The second-order valence-corrected chi connectivity index (χ2v) is 4.58. The number of nitrogens with zero attached hydrogens (tertiary/aromatic N) is 2. The number of rotatable bonds is 2. The molecular formula is C11H14N2O2. The quantitative estimate of drug-likeness (QED) is 0.744. The summed E-state index contributed by atoms with van der Waals surface area (Å²) in [5.74, 6) is 2.87. The average molecular weight is 206 g/mol. The van der Waals surface area contributed by atoms with Gasteiger partial charge < -0.3 is 4.52 Å². The molecule has 0 aromatic carbocycles. The van der Waals surface area contributed by atoms with E-state index in [9.17, 15) is 4.79 Å². The smallest absolute Gasteiger partial charge is 0.229 e. The highest BCUT2D eigenvalue weighted by molar-refractivity contribution is 5.79. The van der Waals surface area contributed by atoms with E-state index in [4.69, 9.17) is 4.52 Å². The lowest BCUT2D eigenvalue weighted by atomic mass is 9.88. The molecule has 0 saturated heterocycles. The first-order valence-electron chi connectivity index (χ1n) is 5.68. The van der Waals surface area contributed by atoms with Crippen LogP contribution in [0.1, 0.15) is 62.1 Å². The molecule has 0 spiro atoms. The van der Waals surface area contributed by atoms with Crippen molar-refractivity contribution < 1.29 is 9.32 Å². The molecule has 2 saturated carbocycles. The van der Waals surface area contributed by atoms with Crippen LogP contribution in [0.3, 0.4) is 0 Å². The molecule has 0 amide bonds. The molecule has 2 fully saturated rings. The summed E-state index contributed by atoms with van der Waals surface area (Å²) < 4.78 is 5.27. The van der Waals surface area contributed by atoms with Gasteiger partial charge in [0.1, 0.15) is 5.78 Å². The zero-order chi connectivity index (χ0) is 10.3. The van der Waals surface area contributed by atoms with Crippen LogP contribution in [0.5, 0.6) is 0 Å². The van der Waals surface area contributed by atoms with E-state index in [1.807, 2.05) is 0 Å². The SMILES string of the molecule is O=C1CCC(c2nc(C3CC3)no2)CC1. The van der Waals surface area contributed by atoms with Crippen molar-refractivity contribution >= 4 is 5.78 Å². The van der Waals surface area contributed by atoms with Gasteiger partial charge in [-0.1, -0.05) is 5.16 Å². The van der Waals surface area contributed by atoms with Gasteiger partial charge in [-0.25, -0.2) is 0 Å². The fourth-order valence-corrected chi connectivity index (χ4v) is 2.11. The third kappa shape index (κ3) is 1.80. The fourth-order valence-electron chi connectivity index (χ4n) is 2.11. The lowest BCUT2D eigenvalue weighted by Gasteiger charge is -2.16. The lowest BCUT2D eigenvalue weighted by molar-refractivity contribution is -0.120. The zero-order valence-electron chi connectivity index (χ0n) is 8.61. The Hall–Kier alpha value is -1.19. The van der Waals surface area contributed by atoms with E-state index in [2.05, 4.69) is 10.1 Å². The lowest BCUT2D eigenvalue weighted by Crippen LogP contribution is -2.12. The van der Waals surface area contributed by atoms with Gasteiger partial charge in [0.25, 0.3) is 0 Å². The Balaban J connectivity index is 1.71. The molecule has 0 unspecified atom stereocenters. The second kappa shape index (κ2) is 3.43. The van der Waals surface area contributed by atoms with Crippen molar-refractivity contribution in [1.82, 2.24) is 10.1 Å². The topological polar surface area (TPSA) is 56.0 Å². The minimum atomic E-state index is 0.322. The van der Waals surface area contributed by atoms with Gasteiger partial charge in [-0.15, -0.1) is 0 Å². The Morgan fingerprint density at radius 3 is 2.47 bits per heavy atom. The minimum absolute atomic E-state index is 0.322. The van der Waals surface area contributed by atoms with Crippen LogP contribution < -0.4 is 0 Å². The Bertz CT molecular complexity index is 372. The molecule has 80 valence electrons. The molecule has 0 N–H and O–H groups in total. The van der Waals surface area contributed by atoms with Crippen LogP contribution in [-0.2, 0) is 4.79 Å². The Morgan fingerprint density at radius 1 is 1.07 bits per heavy atom. The molecule has 0 atom stereocenters. The van der Waals surface area contributed by atoms with Crippen LogP contribution in [0, 0.1) is 0 Å². The average Bonchev–Trinajstić information content (AvgIpc) is 2.99. The maximum atomic E-state index is 11.1. The van der Waals surface area contributed by atoms with E-state index in [-0.39, 0.29) is 0 Å². The second-order valence-electron chi connectivity index (χ2n) is 4.58. The van der Waals surface area contributed by atoms with Crippen molar-refractivity contribution in [3.8, 4) is 0 Å². The summed E-state index contributed by atoms with van der Waals surface area (Å²) in [6.07, 6.45) is 5.50. The molecule has 2 aliphatic rings. The Labute approximate surface area is 88.1 Å². The Kier molecular flexibility index (Phi) is 2.08. The summed E-state index contributed by atoms with van der Waals surface area (Å²) in [6.45, 7) is 0. The van der Waals surface area contributed by atoms with Crippen molar-refractivity contribution in [3.63, 3.8) is 0 Å². The van der Waals surface area contributed by atoms with E-state index in [1.54, 1.807) is 0 Å². The summed E-state index contributed by atoms with van der Waals surface area (Å²) in [7, 11) is 0. The van der Waals surface area contributed by atoms with E-state index in [0.29, 0.717) is 30.5 Å². The molecule has 3 rings (SSSR count). The summed E-state index contributed by atoms with van der Waals surface area (Å²) in [5, 5.41) is 4.00. The van der Waals surface area contributed by atoms with Crippen molar-refractivity contribution in [3.05, 3.63) is 11.7 Å². The summed E-state index contributed by atoms with van der Waals surface area (Å²) in [4.78, 5) is 15.5. The van der Waals surface area contributed by atoms with Gasteiger partial charge in [-0.3, -0.25) is 4.79 Å². The Morgan fingerprint density at radius 2 is 1.80 bits per heavy atom. The molecule has 4 nitrogen and oxygen atoms in total. The third-order valence-corrected chi connectivity index (χ3v) is 3.29. The van der Waals surface area contributed by atoms with Gasteiger partial charge in [0.2, 0.25) is 5.89 Å². The first-order chi connectivity index (χ1) is 7.33. The zero-order valence-corrected chi connectivity index (χ0v) is 8.61. The third-order valence-electron chi connectivity index (χ3n) is 3.29. The van der Waals surface area contributed by atoms with Gasteiger partial charge in [-0.2, -0.15) is 4.98 Å². The monoisotopic (exact) mass is 206 g/mol. The van der Waals surface area contributed by atoms with Crippen LogP contribution in [0.15, 0.2) is 4.52 Å². The normalized spacial score (nSPS) is 23.3. The standard InChI is InChI=1S/C11H14N2O2/c14-9-5-3-8(4-6-9)11-12-10(13-15-11)7-1-2-7/h7-8H,1-6H2. The molecule has 0 aliphatic heterocycles. The molecule has 0 radical (unpaired) electrons. The first-order valence-corrected chi connectivity index (χ1v) is 5.68. The minimum Gasteiger partial charge on any atom is -0.339 e. The van der Waals surface area contributed by atoms with Crippen LogP contribution in [-0.4, -0.2) is 15.9 Å². The van der Waals surface area contributed by atoms with E-state index < -0.39 is 0 Å². The molecule has 2 aliphatic carbocycles. The highest BCUT2D eigenvalue weighted by atomic mass is 16.5. The van der Waals surface area contributed by atoms with Crippen molar-refractivity contribution in [2.45, 2.75) is 50.4 Å². The number of hydrogen-bond donors (Lipinski definition) is 0. The number of carbonyl (C=O) groups is 1. The van der Waals surface area contributed by atoms with Crippen LogP contribution in [0.2, 0.25) is 0 Å². The van der Waals surface area contributed by atoms with Gasteiger partial charge in [0.05, 0.1) is 0 Å². The summed E-state index contributed by atoms with van der Waals surface area (Å²) >= 11 is 0. The largest absolute Gasteiger partial charge is 0.339 e. The summed E-state index contributed by atoms with van der Waals surface area (Å²) in [6, 6.07) is 0. The highest BCUT2D eigenvalue weighted by Gasteiger charge is 2.31. The van der Waals surface area contributed by atoms with Crippen LogP contribution >= 0.6 is 0 Å². The van der Waals surface area contributed by atoms with Crippen molar-refractivity contribution in [2.75, 3.05) is 0 Å². The van der Waals surface area contributed by atoms with Gasteiger partial charge >= 0.3 is 0 Å².